The van der Waals surface area contributed by atoms with Crippen molar-refractivity contribution in [2.45, 2.75) is 31.4 Å². The first-order valence-electron chi connectivity index (χ1n) is 4.87. The van der Waals surface area contributed by atoms with E-state index in [1.54, 1.807) is 0 Å². The van der Waals surface area contributed by atoms with Gasteiger partial charge in [-0.25, -0.2) is 0 Å². The molecule has 1 aromatic heterocycles. The molecule has 15 heavy (non-hydrogen) atoms. The Hall–Kier alpha value is 0.200. The molecule has 0 aliphatic carbocycles. The van der Waals surface area contributed by atoms with E-state index in [-0.39, 0.29) is 11.6 Å². The van der Waals surface area contributed by atoms with Crippen LogP contribution < -0.4 is 5.73 Å². The van der Waals surface area contributed by atoms with Crippen molar-refractivity contribution in [3.63, 3.8) is 0 Å². The maximum absolute atomic E-state index is 6.19. The van der Waals surface area contributed by atoms with Crippen LogP contribution in [0.25, 0.3) is 0 Å². The van der Waals surface area contributed by atoms with Crippen molar-refractivity contribution in [2.75, 3.05) is 6.61 Å². The Kier molecular flexibility index (Phi) is 3.29. The number of thiophene rings is 1. The Morgan fingerprint density at radius 1 is 1.60 bits per heavy atom. The molecular weight excluding hydrogens is 253 g/mol. The van der Waals surface area contributed by atoms with Gasteiger partial charge in [-0.3, -0.25) is 0 Å². The molecule has 2 rings (SSSR count). The molecule has 1 aliphatic rings. The summed E-state index contributed by atoms with van der Waals surface area (Å²) < 4.78 is 7.04. The normalized spacial score (nSPS) is 28.3. The van der Waals surface area contributed by atoms with Crippen molar-refractivity contribution in [3.05, 3.63) is 20.3 Å². The van der Waals surface area contributed by atoms with Crippen LogP contribution in [0.3, 0.4) is 0 Å². The Morgan fingerprint density at radius 3 is 2.80 bits per heavy atom. The Morgan fingerprint density at radius 2 is 2.33 bits per heavy atom. The third kappa shape index (κ3) is 2.17. The largest absolute Gasteiger partial charge is 0.373 e. The molecule has 84 valence electrons. The maximum atomic E-state index is 6.19. The summed E-state index contributed by atoms with van der Waals surface area (Å²) in [5.74, 6) is 0. The smallest absolute Gasteiger partial charge is 0.0993 e. The number of nitrogens with two attached hydrogens (primary N) is 1. The minimum Gasteiger partial charge on any atom is -0.373 e. The number of ether oxygens (including phenoxy) is 1. The molecule has 1 aromatic rings. The second kappa shape index (κ2) is 4.22. The quantitative estimate of drug-likeness (QED) is 0.887. The lowest BCUT2D eigenvalue weighted by Crippen LogP contribution is -2.37. The van der Waals surface area contributed by atoms with Crippen molar-refractivity contribution in [1.29, 1.82) is 0 Å². The Labute approximate surface area is 103 Å². The second-order valence-corrected chi connectivity index (χ2v) is 6.31. The third-order valence-electron chi connectivity index (χ3n) is 2.93. The molecule has 0 amide bonds. The summed E-state index contributed by atoms with van der Waals surface area (Å²) in [6, 6.07) is 1.64. The molecule has 2 nitrogen and oxygen atoms in total. The van der Waals surface area contributed by atoms with Gasteiger partial charge >= 0.3 is 0 Å². The fraction of sp³-hybridized carbons (Fsp3) is 0.600. The SMILES string of the molecule is CC1(C(N)c2cc(Cl)sc2Cl)CCCO1. The monoisotopic (exact) mass is 265 g/mol. The standard InChI is InChI=1S/C10H13Cl2NOS/c1-10(3-2-4-14-10)8(13)6-5-7(11)15-9(6)12/h5,8H,2-4,13H2,1H3. The zero-order valence-electron chi connectivity index (χ0n) is 8.43. The number of rotatable bonds is 2. The van der Waals surface area contributed by atoms with E-state index in [2.05, 4.69) is 0 Å². The van der Waals surface area contributed by atoms with E-state index in [1.165, 1.54) is 11.3 Å². The molecule has 0 spiro atoms. The van der Waals surface area contributed by atoms with Crippen molar-refractivity contribution in [3.8, 4) is 0 Å². The molecule has 1 fully saturated rings. The fourth-order valence-electron chi connectivity index (χ4n) is 1.94. The molecule has 2 unspecified atom stereocenters. The van der Waals surface area contributed by atoms with Crippen LogP contribution in [0.4, 0.5) is 0 Å². The fourth-order valence-corrected chi connectivity index (χ4v) is 3.49. The van der Waals surface area contributed by atoms with Gasteiger partial charge in [0.2, 0.25) is 0 Å². The molecule has 1 aliphatic heterocycles. The highest BCUT2D eigenvalue weighted by atomic mass is 35.5. The van der Waals surface area contributed by atoms with Crippen LogP contribution in [-0.2, 0) is 4.74 Å². The lowest BCUT2D eigenvalue weighted by atomic mass is 9.90. The highest BCUT2D eigenvalue weighted by Gasteiger charge is 2.38. The predicted molar refractivity (Wildman–Crippen MR) is 64.9 cm³/mol. The zero-order valence-corrected chi connectivity index (χ0v) is 10.8. The number of hydrogen-bond donors (Lipinski definition) is 1. The van der Waals surface area contributed by atoms with Crippen molar-refractivity contribution in [1.82, 2.24) is 0 Å². The molecule has 0 aromatic carbocycles. The van der Waals surface area contributed by atoms with Crippen molar-refractivity contribution >= 4 is 34.5 Å². The van der Waals surface area contributed by atoms with Gasteiger partial charge in [0, 0.05) is 12.2 Å². The molecule has 0 bridgehead atoms. The van der Waals surface area contributed by atoms with Gasteiger partial charge in [0.15, 0.2) is 0 Å². The average Bonchev–Trinajstić information content (AvgIpc) is 2.73. The Balaban J connectivity index is 2.27. The summed E-state index contributed by atoms with van der Waals surface area (Å²) >= 11 is 13.3. The molecule has 2 atom stereocenters. The van der Waals surface area contributed by atoms with E-state index in [9.17, 15) is 0 Å². The van der Waals surface area contributed by atoms with Crippen LogP contribution in [0.2, 0.25) is 8.67 Å². The minimum atomic E-state index is -0.298. The maximum Gasteiger partial charge on any atom is 0.0993 e. The van der Waals surface area contributed by atoms with Crippen LogP contribution in [0, 0.1) is 0 Å². The first-order valence-corrected chi connectivity index (χ1v) is 6.44. The van der Waals surface area contributed by atoms with E-state index in [1.807, 2.05) is 13.0 Å². The van der Waals surface area contributed by atoms with Crippen LogP contribution in [0.5, 0.6) is 0 Å². The van der Waals surface area contributed by atoms with Crippen molar-refractivity contribution in [2.24, 2.45) is 5.73 Å². The molecule has 1 saturated heterocycles. The molecule has 2 N–H and O–H groups in total. The van der Waals surface area contributed by atoms with Crippen LogP contribution in [0.15, 0.2) is 6.07 Å². The Bertz CT molecular complexity index is 360. The summed E-state index contributed by atoms with van der Waals surface area (Å²) in [5, 5.41) is 0. The molecule has 0 saturated carbocycles. The first kappa shape index (κ1) is 11.7. The molecule has 2 heterocycles. The average molecular weight is 266 g/mol. The van der Waals surface area contributed by atoms with Gasteiger partial charge in [0.05, 0.1) is 20.3 Å². The van der Waals surface area contributed by atoms with Gasteiger partial charge in [0.1, 0.15) is 0 Å². The summed E-state index contributed by atoms with van der Waals surface area (Å²) in [6.07, 6.45) is 2.03. The summed E-state index contributed by atoms with van der Waals surface area (Å²) in [5.41, 5.74) is 6.79. The lowest BCUT2D eigenvalue weighted by molar-refractivity contribution is -0.00161. The van der Waals surface area contributed by atoms with E-state index in [4.69, 9.17) is 33.7 Å². The van der Waals surface area contributed by atoms with Gasteiger partial charge in [-0.15, -0.1) is 11.3 Å². The summed E-state index contributed by atoms with van der Waals surface area (Å²) in [6.45, 7) is 2.81. The van der Waals surface area contributed by atoms with Crippen LogP contribution in [0.1, 0.15) is 31.4 Å². The second-order valence-electron chi connectivity index (χ2n) is 4.02. The summed E-state index contributed by atoms with van der Waals surface area (Å²) in [7, 11) is 0. The van der Waals surface area contributed by atoms with Gasteiger partial charge in [-0.1, -0.05) is 23.2 Å². The van der Waals surface area contributed by atoms with E-state index in [0.29, 0.717) is 8.67 Å². The van der Waals surface area contributed by atoms with E-state index >= 15 is 0 Å². The van der Waals surface area contributed by atoms with Gasteiger partial charge in [-0.2, -0.15) is 0 Å². The molecule has 0 radical (unpaired) electrons. The topological polar surface area (TPSA) is 35.2 Å². The van der Waals surface area contributed by atoms with Crippen LogP contribution >= 0.6 is 34.5 Å². The van der Waals surface area contributed by atoms with Gasteiger partial charge < -0.3 is 10.5 Å². The number of hydrogen-bond acceptors (Lipinski definition) is 3. The lowest BCUT2D eigenvalue weighted by Gasteiger charge is -2.30. The minimum absolute atomic E-state index is 0.198. The first-order chi connectivity index (χ1) is 7.03. The van der Waals surface area contributed by atoms with Crippen molar-refractivity contribution < 1.29 is 4.74 Å². The third-order valence-corrected chi connectivity index (χ3v) is 4.44. The summed E-state index contributed by atoms with van der Waals surface area (Å²) in [4.78, 5) is 0. The molecule has 5 heteroatoms. The van der Waals surface area contributed by atoms with Gasteiger partial charge in [-0.05, 0) is 25.8 Å². The van der Waals surface area contributed by atoms with E-state index in [0.717, 1.165) is 25.0 Å². The number of halogens is 2. The highest BCUT2D eigenvalue weighted by molar-refractivity contribution is 7.20. The van der Waals surface area contributed by atoms with Crippen LogP contribution in [-0.4, -0.2) is 12.2 Å². The van der Waals surface area contributed by atoms with Gasteiger partial charge in [0.25, 0.3) is 0 Å². The predicted octanol–water partition coefficient (Wildman–Crippen LogP) is 3.62. The highest BCUT2D eigenvalue weighted by Crippen LogP contribution is 2.42. The molecular formula is C10H13Cl2NOS. The zero-order chi connectivity index (χ0) is 11.1. The van der Waals surface area contributed by atoms with E-state index < -0.39 is 0 Å².